The van der Waals surface area contributed by atoms with Gasteiger partial charge in [-0.25, -0.2) is 10.2 Å². The van der Waals surface area contributed by atoms with E-state index in [1.54, 1.807) is 54.6 Å². The number of amides is 1. The molecule has 146 valence electrons. The number of ether oxygens (including phenoxy) is 2. The van der Waals surface area contributed by atoms with Crippen molar-refractivity contribution >= 4 is 18.1 Å². The van der Waals surface area contributed by atoms with Gasteiger partial charge in [-0.15, -0.1) is 0 Å². The minimum Gasteiger partial charge on any atom is -0.493 e. The molecule has 0 aliphatic rings. The first-order valence-corrected chi connectivity index (χ1v) is 8.92. The van der Waals surface area contributed by atoms with Crippen LogP contribution in [0.2, 0.25) is 0 Å². The molecule has 6 heteroatoms. The molecule has 3 aromatic rings. The van der Waals surface area contributed by atoms with E-state index in [-0.39, 0.29) is 5.91 Å². The molecule has 6 nitrogen and oxygen atoms in total. The van der Waals surface area contributed by atoms with Crippen molar-refractivity contribution in [1.29, 1.82) is 0 Å². The van der Waals surface area contributed by atoms with Crippen molar-refractivity contribution in [3.05, 3.63) is 95.1 Å². The number of hydrogen-bond donors (Lipinski definition) is 1. The number of nitrogens with one attached hydrogen (secondary N) is 1. The van der Waals surface area contributed by atoms with Crippen LogP contribution in [0.1, 0.15) is 31.8 Å². The summed E-state index contributed by atoms with van der Waals surface area (Å²) in [6, 6.07) is 20.9. The van der Waals surface area contributed by atoms with Gasteiger partial charge < -0.3 is 9.47 Å². The summed E-state index contributed by atoms with van der Waals surface area (Å²) in [7, 11) is 1.48. The zero-order chi connectivity index (χ0) is 20.6. The van der Waals surface area contributed by atoms with Crippen molar-refractivity contribution in [2.75, 3.05) is 7.11 Å². The van der Waals surface area contributed by atoms with Gasteiger partial charge in [0.2, 0.25) is 0 Å². The molecule has 0 spiro atoms. The molecule has 3 aromatic carbocycles. The largest absolute Gasteiger partial charge is 0.493 e. The molecule has 1 N–H and O–H groups in total. The lowest BCUT2D eigenvalue weighted by Crippen LogP contribution is -2.17. The van der Waals surface area contributed by atoms with Gasteiger partial charge in [0.25, 0.3) is 5.91 Å². The van der Waals surface area contributed by atoms with Crippen LogP contribution in [0.15, 0.2) is 77.9 Å². The Labute approximate surface area is 168 Å². The standard InChI is InChI=1S/C23H20N2O4/c1-16-8-11-18(12-9-16)22(26)25-24-15-17-10-13-20(21(14-17)28-2)29-23(27)19-6-4-3-5-7-19/h3-15H,1-2H3,(H,25,26). The number of carbonyl (C=O) groups is 2. The smallest absolute Gasteiger partial charge is 0.343 e. The highest BCUT2D eigenvalue weighted by atomic mass is 16.6. The zero-order valence-corrected chi connectivity index (χ0v) is 16.1. The summed E-state index contributed by atoms with van der Waals surface area (Å²) in [5.41, 5.74) is 5.19. The topological polar surface area (TPSA) is 77.0 Å². The van der Waals surface area contributed by atoms with Crippen LogP contribution in [0.4, 0.5) is 0 Å². The summed E-state index contributed by atoms with van der Waals surface area (Å²) >= 11 is 0. The monoisotopic (exact) mass is 388 g/mol. The third-order valence-corrected chi connectivity index (χ3v) is 4.09. The van der Waals surface area contributed by atoms with Gasteiger partial charge in [0.05, 0.1) is 18.9 Å². The Morgan fingerprint density at radius 2 is 1.62 bits per heavy atom. The summed E-state index contributed by atoms with van der Waals surface area (Å²) in [5.74, 6) is -0.109. The van der Waals surface area contributed by atoms with Crippen LogP contribution in [-0.2, 0) is 0 Å². The van der Waals surface area contributed by atoms with Gasteiger partial charge >= 0.3 is 5.97 Å². The fourth-order valence-electron chi connectivity index (χ4n) is 2.52. The number of benzene rings is 3. The van der Waals surface area contributed by atoms with Gasteiger partial charge in [-0.1, -0.05) is 35.9 Å². The van der Waals surface area contributed by atoms with Crippen LogP contribution < -0.4 is 14.9 Å². The Hall–Kier alpha value is -3.93. The van der Waals surface area contributed by atoms with E-state index in [1.165, 1.54) is 13.3 Å². The molecule has 0 unspecified atom stereocenters. The molecular weight excluding hydrogens is 368 g/mol. The first-order valence-electron chi connectivity index (χ1n) is 8.92. The van der Waals surface area contributed by atoms with Gasteiger partial charge in [0.15, 0.2) is 11.5 Å². The van der Waals surface area contributed by atoms with E-state index in [0.717, 1.165) is 5.56 Å². The minimum atomic E-state index is -0.476. The van der Waals surface area contributed by atoms with Crippen LogP contribution in [0.25, 0.3) is 0 Å². The quantitative estimate of drug-likeness (QED) is 0.300. The van der Waals surface area contributed by atoms with E-state index < -0.39 is 5.97 Å². The lowest BCUT2D eigenvalue weighted by molar-refractivity contribution is 0.0729. The summed E-state index contributed by atoms with van der Waals surface area (Å²) < 4.78 is 10.7. The molecule has 0 aliphatic carbocycles. The Balaban J connectivity index is 1.66. The average molecular weight is 388 g/mol. The van der Waals surface area contributed by atoms with E-state index in [0.29, 0.717) is 28.2 Å². The Morgan fingerprint density at radius 1 is 0.897 bits per heavy atom. The van der Waals surface area contributed by atoms with Gasteiger partial charge in [-0.3, -0.25) is 4.79 Å². The Bertz CT molecular complexity index is 1030. The number of hydrazone groups is 1. The predicted molar refractivity (Wildman–Crippen MR) is 111 cm³/mol. The van der Waals surface area contributed by atoms with E-state index in [9.17, 15) is 9.59 Å². The molecule has 0 atom stereocenters. The average Bonchev–Trinajstić information content (AvgIpc) is 2.75. The number of nitrogens with zero attached hydrogens (tertiary/aromatic N) is 1. The second-order valence-electron chi connectivity index (χ2n) is 6.23. The summed E-state index contributed by atoms with van der Waals surface area (Å²) in [4.78, 5) is 24.3. The second kappa shape index (κ2) is 9.32. The van der Waals surface area contributed by atoms with Gasteiger partial charge in [0, 0.05) is 5.56 Å². The van der Waals surface area contributed by atoms with Crippen molar-refractivity contribution in [1.82, 2.24) is 5.43 Å². The molecule has 29 heavy (non-hydrogen) atoms. The van der Waals surface area contributed by atoms with Crippen LogP contribution in [0.5, 0.6) is 11.5 Å². The zero-order valence-electron chi connectivity index (χ0n) is 16.1. The second-order valence-corrected chi connectivity index (χ2v) is 6.23. The van der Waals surface area contributed by atoms with Gasteiger partial charge in [0.1, 0.15) is 0 Å². The number of rotatable bonds is 6. The van der Waals surface area contributed by atoms with Gasteiger partial charge in [-0.05, 0) is 55.0 Å². The van der Waals surface area contributed by atoms with Crippen LogP contribution >= 0.6 is 0 Å². The normalized spacial score (nSPS) is 10.6. The SMILES string of the molecule is COc1cc(C=NNC(=O)c2ccc(C)cc2)ccc1OC(=O)c1ccccc1. The molecule has 3 rings (SSSR count). The maximum atomic E-state index is 12.2. The molecule has 0 bridgehead atoms. The van der Waals surface area contributed by atoms with E-state index in [4.69, 9.17) is 9.47 Å². The first kappa shape index (κ1) is 19.8. The molecule has 0 fully saturated rings. The Kier molecular flexibility index (Phi) is 6.37. The minimum absolute atomic E-state index is 0.294. The number of methoxy groups -OCH3 is 1. The van der Waals surface area contributed by atoms with Crippen LogP contribution in [-0.4, -0.2) is 25.2 Å². The van der Waals surface area contributed by atoms with Crippen LogP contribution in [0, 0.1) is 6.92 Å². The number of aryl methyl sites for hydroxylation is 1. The third kappa shape index (κ3) is 5.29. The maximum absolute atomic E-state index is 12.2. The third-order valence-electron chi connectivity index (χ3n) is 4.09. The molecule has 1 amide bonds. The maximum Gasteiger partial charge on any atom is 0.343 e. The number of carbonyl (C=O) groups excluding carboxylic acids is 2. The molecule has 0 saturated carbocycles. The van der Waals surface area contributed by atoms with Crippen molar-refractivity contribution in [2.24, 2.45) is 5.10 Å². The van der Waals surface area contributed by atoms with Crippen LogP contribution in [0.3, 0.4) is 0 Å². The molecule has 0 radical (unpaired) electrons. The fourth-order valence-corrected chi connectivity index (χ4v) is 2.52. The van der Waals surface area contributed by atoms with Crippen molar-refractivity contribution in [2.45, 2.75) is 6.92 Å². The fraction of sp³-hybridized carbons (Fsp3) is 0.0870. The highest BCUT2D eigenvalue weighted by molar-refractivity contribution is 5.95. The summed E-state index contributed by atoms with van der Waals surface area (Å²) in [5, 5.41) is 3.97. The first-order chi connectivity index (χ1) is 14.1. The number of esters is 1. The number of hydrogen-bond acceptors (Lipinski definition) is 5. The van der Waals surface area contributed by atoms with Crippen molar-refractivity contribution in [3.8, 4) is 11.5 Å². The molecule has 0 aliphatic heterocycles. The van der Waals surface area contributed by atoms with E-state index >= 15 is 0 Å². The highest BCUT2D eigenvalue weighted by Gasteiger charge is 2.12. The Morgan fingerprint density at radius 3 is 2.31 bits per heavy atom. The molecule has 0 heterocycles. The van der Waals surface area contributed by atoms with Crippen molar-refractivity contribution in [3.63, 3.8) is 0 Å². The van der Waals surface area contributed by atoms with E-state index in [2.05, 4.69) is 10.5 Å². The predicted octanol–water partition coefficient (Wildman–Crippen LogP) is 3.99. The van der Waals surface area contributed by atoms with Gasteiger partial charge in [-0.2, -0.15) is 5.10 Å². The molecule has 0 saturated heterocycles. The summed E-state index contributed by atoms with van der Waals surface area (Å²) in [6.07, 6.45) is 1.48. The molecule has 0 aromatic heterocycles. The lowest BCUT2D eigenvalue weighted by atomic mass is 10.1. The van der Waals surface area contributed by atoms with Crippen molar-refractivity contribution < 1.29 is 19.1 Å². The lowest BCUT2D eigenvalue weighted by Gasteiger charge is -2.10. The summed E-state index contributed by atoms with van der Waals surface area (Å²) in [6.45, 7) is 1.95. The molecular formula is C23H20N2O4. The highest BCUT2D eigenvalue weighted by Crippen LogP contribution is 2.28. The van der Waals surface area contributed by atoms with E-state index in [1.807, 2.05) is 25.1 Å².